The summed E-state index contributed by atoms with van der Waals surface area (Å²) in [4.78, 5) is 23.0. The van der Waals surface area contributed by atoms with E-state index in [9.17, 15) is 9.59 Å². The molecule has 0 fully saturated rings. The molecule has 1 rings (SSSR count). The van der Waals surface area contributed by atoms with E-state index in [1.54, 1.807) is 24.3 Å². The molecule has 5 N–H and O–H groups in total. The minimum Gasteiger partial charge on any atom is -0.399 e. The SMILES string of the molecule is CC(C)[C@H](NC(=O)c1ccc(N)cc1)C(N)=O. The van der Waals surface area contributed by atoms with Crippen LogP contribution in [0.4, 0.5) is 5.69 Å². The first-order chi connectivity index (χ1) is 7.91. The van der Waals surface area contributed by atoms with E-state index in [1.807, 2.05) is 13.8 Å². The van der Waals surface area contributed by atoms with E-state index in [2.05, 4.69) is 5.32 Å². The van der Waals surface area contributed by atoms with Crippen molar-refractivity contribution < 1.29 is 9.59 Å². The fourth-order valence-electron chi connectivity index (χ4n) is 1.43. The molecule has 0 unspecified atom stereocenters. The smallest absolute Gasteiger partial charge is 0.251 e. The number of anilines is 1. The van der Waals surface area contributed by atoms with Crippen LogP contribution in [0.3, 0.4) is 0 Å². The first-order valence-electron chi connectivity index (χ1n) is 5.37. The van der Waals surface area contributed by atoms with Crippen molar-refractivity contribution in [1.29, 1.82) is 0 Å². The highest BCUT2D eigenvalue weighted by atomic mass is 16.2. The van der Waals surface area contributed by atoms with Crippen LogP contribution in [0, 0.1) is 5.92 Å². The van der Waals surface area contributed by atoms with Crippen LogP contribution in [-0.2, 0) is 4.79 Å². The van der Waals surface area contributed by atoms with Gasteiger partial charge in [-0.05, 0) is 30.2 Å². The van der Waals surface area contributed by atoms with Gasteiger partial charge in [0.05, 0.1) is 0 Å². The van der Waals surface area contributed by atoms with Gasteiger partial charge in [0.2, 0.25) is 5.91 Å². The zero-order valence-corrected chi connectivity index (χ0v) is 9.94. The second-order valence-electron chi connectivity index (χ2n) is 4.22. The van der Waals surface area contributed by atoms with Crippen LogP contribution in [-0.4, -0.2) is 17.9 Å². The van der Waals surface area contributed by atoms with Crippen LogP contribution in [0.15, 0.2) is 24.3 Å². The van der Waals surface area contributed by atoms with Crippen LogP contribution in [0.25, 0.3) is 0 Å². The third-order valence-corrected chi connectivity index (χ3v) is 2.43. The van der Waals surface area contributed by atoms with Crippen molar-refractivity contribution in [3.8, 4) is 0 Å². The lowest BCUT2D eigenvalue weighted by Gasteiger charge is -2.18. The summed E-state index contributed by atoms with van der Waals surface area (Å²) in [6.45, 7) is 3.64. The number of nitrogen functional groups attached to an aromatic ring is 1. The Labute approximate surface area is 100 Å². The van der Waals surface area contributed by atoms with E-state index < -0.39 is 11.9 Å². The quantitative estimate of drug-likeness (QED) is 0.663. The molecule has 1 aromatic rings. The molecule has 1 atom stereocenters. The molecule has 0 aliphatic heterocycles. The van der Waals surface area contributed by atoms with Gasteiger partial charge in [-0.1, -0.05) is 13.8 Å². The highest BCUT2D eigenvalue weighted by Crippen LogP contribution is 2.07. The summed E-state index contributed by atoms with van der Waals surface area (Å²) < 4.78 is 0. The topological polar surface area (TPSA) is 98.2 Å². The molecule has 0 spiro atoms. The number of primary amides is 1. The molecule has 5 nitrogen and oxygen atoms in total. The zero-order chi connectivity index (χ0) is 13.0. The van der Waals surface area contributed by atoms with Gasteiger partial charge in [-0.25, -0.2) is 0 Å². The van der Waals surface area contributed by atoms with Crippen molar-refractivity contribution in [3.63, 3.8) is 0 Å². The minimum absolute atomic E-state index is 0.0507. The van der Waals surface area contributed by atoms with Gasteiger partial charge in [-0.15, -0.1) is 0 Å². The summed E-state index contributed by atoms with van der Waals surface area (Å²) in [7, 11) is 0. The Morgan fingerprint density at radius 2 is 1.71 bits per heavy atom. The van der Waals surface area contributed by atoms with Gasteiger partial charge >= 0.3 is 0 Å². The number of carbonyl (C=O) groups is 2. The third-order valence-electron chi connectivity index (χ3n) is 2.43. The molecule has 0 aromatic heterocycles. The molecule has 0 aliphatic rings. The van der Waals surface area contributed by atoms with Gasteiger partial charge < -0.3 is 16.8 Å². The number of nitrogens with one attached hydrogen (secondary N) is 1. The molecule has 0 heterocycles. The summed E-state index contributed by atoms with van der Waals surface area (Å²) >= 11 is 0. The summed E-state index contributed by atoms with van der Waals surface area (Å²) in [6, 6.07) is 5.79. The number of amides is 2. The van der Waals surface area contributed by atoms with E-state index in [0.29, 0.717) is 11.3 Å². The summed E-state index contributed by atoms with van der Waals surface area (Å²) in [6.07, 6.45) is 0. The Morgan fingerprint density at radius 1 is 1.18 bits per heavy atom. The average molecular weight is 235 g/mol. The van der Waals surface area contributed by atoms with E-state index in [4.69, 9.17) is 11.5 Å². The number of benzene rings is 1. The van der Waals surface area contributed by atoms with Crippen molar-refractivity contribution in [2.75, 3.05) is 5.73 Å². The molecule has 5 heteroatoms. The van der Waals surface area contributed by atoms with Gasteiger partial charge in [0, 0.05) is 11.3 Å². The fourth-order valence-corrected chi connectivity index (χ4v) is 1.43. The number of rotatable bonds is 4. The molecule has 0 aliphatic carbocycles. The monoisotopic (exact) mass is 235 g/mol. The molecular formula is C12H17N3O2. The highest BCUT2D eigenvalue weighted by Gasteiger charge is 2.21. The zero-order valence-electron chi connectivity index (χ0n) is 9.94. The molecule has 0 bridgehead atoms. The lowest BCUT2D eigenvalue weighted by Crippen LogP contribution is -2.47. The Morgan fingerprint density at radius 3 is 2.12 bits per heavy atom. The molecule has 0 saturated heterocycles. The van der Waals surface area contributed by atoms with Crippen molar-refractivity contribution in [2.45, 2.75) is 19.9 Å². The van der Waals surface area contributed by atoms with Gasteiger partial charge in [0.15, 0.2) is 0 Å². The Balaban J connectivity index is 2.77. The largest absolute Gasteiger partial charge is 0.399 e. The first kappa shape index (κ1) is 13.0. The second kappa shape index (κ2) is 5.34. The van der Waals surface area contributed by atoms with Crippen molar-refractivity contribution >= 4 is 17.5 Å². The standard InChI is InChI=1S/C12H17N3O2/c1-7(2)10(11(14)16)15-12(17)8-3-5-9(13)6-4-8/h3-7,10H,13H2,1-2H3,(H2,14,16)(H,15,17)/t10-/m0/s1. The number of hydrogen-bond donors (Lipinski definition) is 3. The molecule has 0 radical (unpaired) electrons. The van der Waals surface area contributed by atoms with Crippen LogP contribution in [0.1, 0.15) is 24.2 Å². The van der Waals surface area contributed by atoms with Gasteiger partial charge in [-0.2, -0.15) is 0 Å². The van der Waals surface area contributed by atoms with Gasteiger partial charge in [0.1, 0.15) is 6.04 Å². The summed E-state index contributed by atoms with van der Waals surface area (Å²) in [5, 5.41) is 2.60. The minimum atomic E-state index is -0.667. The maximum atomic E-state index is 11.8. The third kappa shape index (κ3) is 3.48. The number of nitrogens with two attached hydrogens (primary N) is 2. The normalized spacial score (nSPS) is 12.2. The summed E-state index contributed by atoms with van der Waals surface area (Å²) in [5.41, 5.74) is 11.8. The molecule has 0 saturated carbocycles. The highest BCUT2D eigenvalue weighted by molar-refractivity contribution is 5.97. The molecule has 17 heavy (non-hydrogen) atoms. The fraction of sp³-hybridized carbons (Fsp3) is 0.333. The van der Waals surface area contributed by atoms with Crippen LogP contribution in [0.5, 0.6) is 0 Å². The molecule has 92 valence electrons. The maximum Gasteiger partial charge on any atom is 0.251 e. The Kier molecular flexibility index (Phi) is 4.09. The van der Waals surface area contributed by atoms with Crippen molar-refractivity contribution in [3.05, 3.63) is 29.8 Å². The predicted molar refractivity (Wildman–Crippen MR) is 66.1 cm³/mol. The van der Waals surface area contributed by atoms with Crippen molar-refractivity contribution in [2.24, 2.45) is 11.7 Å². The van der Waals surface area contributed by atoms with Crippen LogP contribution >= 0.6 is 0 Å². The second-order valence-corrected chi connectivity index (χ2v) is 4.22. The first-order valence-corrected chi connectivity index (χ1v) is 5.37. The van der Waals surface area contributed by atoms with E-state index in [-0.39, 0.29) is 11.8 Å². The lowest BCUT2D eigenvalue weighted by molar-refractivity contribution is -0.120. The number of hydrogen-bond acceptors (Lipinski definition) is 3. The van der Waals surface area contributed by atoms with Crippen LogP contribution < -0.4 is 16.8 Å². The van der Waals surface area contributed by atoms with E-state index in [0.717, 1.165) is 0 Å². The maximum absolute atomic E-state index is 11.8. The Bertz CT molecular complexity index is 412. The summed E-state index contributed by atoms with van der Waals surface area (Å²) in [5.74, 6) is -0.920. The van der Waals surface area contributed by atoms with E-state index >= 15 is 0 Å². The average Bonchev–Trinajstić information content (AvgIpc) is 2.25. The van der Waals surface area contributed by atoms with Gasteiger partial charge in [-0.3, -0.25) is 9.59 Å². The molecule has 1 aromatic carbocycles. The van der Waals surface area contributed by atoms with E-state index in [1.165, 1.54) is 0 Å². The van der Waals surface area contributed by atoms with Crippen LogP contribution in [0.2, 0.25) is 0 Å². The number of carbonyl (C=O) groups excluding carboxylic acids is 2. The van der Waals surface area contributed by atoms with Gasteiger partial charge in [0.25, 0.3) is 5.91 Å². The lowest BCUT2D eigenvalue weighted by atomic mass is 10.0. The molecule has 2 amide bonds. The predicted octanol–water partition coefficient (Wildman–Crippen LogP) is 0.508. The van der Waals surface area contributed by atoms with Crippen molar-refractivity contribution in [1.82, 2.24) is 5.32 Å². The Hall–Kier alpha value is -2.04. The molecular weight excluding hydrogens is 218 g/mol.